The van der Waals surface area contributed by atoms with Gasteiger partial charge >= 0.3 is 5.97 Å². The van der Waals surface area contributed by atoms with Gasteiger partial charge in [0, 0.05) is 17.5 Å². The average Bonchev–Trinajstić information content (AvgIpc) is 2.76. The van der Waals surface area contributed by atoms with E-state index in [2.05, 4.69) is 25.9 Å². The number of hydrogen-bond donors (Lipinski definition) is 0. The SMILES string of the molecule is CC(C)(C)c1ccc(C(=O)ON=C2CCCCC2c2ccc([N+](=O)[O-])cc2[N+](=O)[O-])cc1. The molecule has 0 spiro atoms. The molecule has 9 nitrogen and oxygen atoms in total. The van der Waals surface area contributed by atoms with Crippen LogP contribution in [0.3, 0.4) is 0 Å². The zero-order chi connectivity index (χ0) is 23.5. The summed E-state index contributed by atoms with van der Waals surface area (Å²) in [6.45, 7) is 6.23. The summed E-state index contributed by atoms with van der Waals surface area (Å²) in [4.78, 5) is 38.9. The monoisotopic (exact) mass is 439 g/mol. The quantitative estimate of drug-likeness (QED) is 0.336. The van der Waals surface area contributed by atoms with E-state index in [1.807, 2.05) is 12.1 Å². The van der Waals surface area contributed by atoms with Crippen LogP contribution in [0.5, 0.6) is 0 Å². The highest BCUT2D eigenvalue weighted by molar-refractivity contribution is 5.94. The molecule has 0 aromatic heterocycles. The molecule has 0 heterocycles. The van der Waals surface area contributed by atoms with Crippen molar-refractivity contribution in [3.63, 3.8) is 0 Å². The molecule has 1 aliphatic carbocycles. The van der Waals surface area contributed by atoms with Gasteiger partial charge in [0.2, 0.25) is 0 Å². The highest BCUT2D eigenvalue weighted by Gasteiger charge is 2.31. The zero-order valence-corrected chi connectivity index (χ0v) is 18.2. The smallest absolute Gasteiger partial charge is 0.313 e. The summed E-state index contributed by atoms with van der Waals surface area (Å²) >= 11 is 0. The van der Waals surface area contributed by atoms with E-state index in [1.54, 1.807) is 12.1 Å². The molecule has 2 aromatic rings. The van der Waals surface area contributed by atoms with Gasteiger partial charge in [0.15, 0.2) is 0 Å². The minimum absolute atomic E-state index is 0.0442. The third kappa shape index (κ3) is 5.16. The second kappa shape index (κ2) is 9.25. The molecule has 0 radical (unpaired) electrons. The molecule has 1 unspecified atom stereocenters. The maximum atomic E-state index is 12.5. The number of hydrogen-bond acceptors (Lipinski definition) is 7. The second-order valence-corrected chi connectivity index (χ2v) is 8.84. The first-order chi connectivity index (χ1) is 15.1. The molecule has 0 aliphatic heterocycles. The minimum Gasteiger partial charge on any atom is -0.313 e. The van der Waals surface area contributed by atoms with E-state index < -0.39 is 21.7 Å². The average molecular weight is 439 g/mol. The summed E-state index contributed by atoms with van der Waals surface area (Å²) < 4.78 is 0. The molecular weight excluding hydrogens is 414 g/mol. The highest BCUT2D eigenvalue weighted by atomic mass is 16.7. The Bertz CT molecular complexity index is 1070. The van der Waals surface area contributed by atoms with Gasteiger partial charge in [-0.15, -0.1) is 0 Å². The molecule has 1 atom stereocenters. The van der Waals surface area contributed by atoms with E-state index in [0.717, 1.165) is 24.5 Å². The standard InChI is InChI=1S/C23H25N3O6/c1-23(2,3)16-10-8-15(9-11-16)22(27)32-24-20-7-5-4-6-18(20)19-13-12-17(25(28)29)14-21(19)26(30)31/h8-14,18H,4-7H2,1-3H3. The Hall–Kier alpha value is -3.62. The summed E-state index contributed by atoms with van der Waals surface area (Å²) in [5.41, 5.74) is 1.58. The highest BCUT2D eigenvalue weighted by Crippen LogP contribution is 2.37. The fraction of sp³-hybridized carbons (Fsp3) is 0.391. The van der Waals surface area contributed by atoms with Crippen molar-refractivity contribution in [1.82, 2.24) is 0 Å². The Balaban J connectivity index is 1.85. The Morgan fingerprint density at radius 1 is 1.03 bits per heavy atom. The van der Waals surface area contributed by atoms with Crippen molar-refractivity contribution in [3.05, 3.63) is 79.4 Å². The largest absolute Gasteiger partial charge is 0.365 e. The first-order valence-electron chi connectivity index (χ1n) is 10.4. The number of carbonyl (C=O) groups is 1. The summed E-state index contributed by atoms with van der Waals surface area (Å²) in [7, 11) is 0. The molecule has 1 fully saturated rings. The fourth-order valence-electron chi connectivity index (χ4n) is 3.80. The summed E-state index contributed by atoms with van der Waals surface area (Å²) in [6, 6.07) is 10.7. The van der Waals surface area contributed by atoms with Crippen LogP contribution in [0.15, 0.2) is 47.6 Å². The molecule has 0 bridgehead atoms. The predicted molar refractivity (Wildman–Crippen MR) is 119 cm³/mol. The molecule has 2 aromatic carbocycles. The molecule has 0 saturated heterocycles. The summed E-state index contributed by atoms with van der Waals surface area (Å²) in [6.07, 6.45) is 2.73. The molecule has 9 heteroatoms. The van der Waals surface area contributed by atoms with Crippen LogP contribution in [0.1, 0.15) is 73.9 Å². The zero-order valence-electron chi connectivity index (χ0n) is 18.2. The van der Waals surface area contributed by atoms with Crippen LogP contribution in [-0.2, 0) is 10.3 Å². The van der Waals surface area contributed by atoms with E-state index in [4.69, 9.17) is 4.84 Å². The van der Waals surface area contributed by atoms with Crippen LogP contribution in [0.2, 0.25) is 0 Å². The van der Waals surface area contributed by atoms with Gasteiger partial charge in [0.25, 0.3) is 11.4 Å². The van der Waals surface area contributed by atoms with Gasteiger partial charge < -0.3 is 4.84 Å². The van der Waals surface area contributed by atoms with Crippen molar-refractivity contribution in [2.75, 3.05) is 0 Å². The number of benzene rings is 2. The first kappa shape index (κ1) is 23.1. The van der Waals surface area contributed by atoms with Gasteiger partial charge in [-0.25, -0.2) is 4.79 Å². The van der Waals surface area contributed by atoms with Crippen molar-refractivity contribution < 1.29 is 19.5 Å². The van der Waals surface area contributed by atoms with Gasteiger partial charge in [0.1, 0.15) is 0 Å². The number of rotatable bonds is 5. The fourth-order valence-corrected chi connectivity index (χ4v) is 3.80. The molecule has 1 saturated carbocycles. The van der Waals surface area contributed by atoms with Crippen LogP contribution >= 0.6 is 0 Å². The summed E-state index contributed by atoms with van der Waals surface area (Å²) in [5.74, 6) is -1.05. The molecule has 3 rings (SSSR count). The van der Waals surface area contributed by atoms with Gasteiger partial charge in [-0.1, -0.05) is 44.5 Å². The lowest BCUT2D eigenvalue weighted by atomic mass is 9.81. The summed E-state index contributed by atoms with van der Waals surface area (Å²) in [5, 5.41) is 26.6. The lowest BCUT2D eigenvalue weighted by molar-refractivity contribution is -0.394. The van der Waals surface area contributed by atoms with Crippen molar-refractivity contribution in [3.8, 4) is 0 Å². The van der Waals surface area contributed by atoms with Gasteiger partial charge in [-0.2, -0.15) is 0 Å². The van der Waals surface area contributed by atoms with E-state index in [9.17, 15) is 25.0 Å². The molecule has 1 aliphatic rings. The van der Waals surface area contributed by atoms with Crippen LogP contribution in [-0.4, -0.2) is 21.5 Å². The van der Waals surface area contributed by atoms with Crippen LogP contribution in [0, 0.1) is 20.2 Å². The van der Waals surface area contributed by atoms with Crippen molar-refractivity contribution in [2.45, 2.75) is 57.8 Å². The van der Waals surface area contributed by atoms with E-state index in [0.29, 0.717) is 29.7 Å². The van der Waals surface area contributed by atoms with Gasteiger partial charge in [0.05, 0.1) is 27.2 Å². The number of nitro groups is 2. The van der Waals surface area contributed by atoms with Gasteiger partial charge in [-0.3, -0.25) is 20.2 Å². The Kier molecular flexibility index (Phi) is 6.67. The third-order valence-corrected chi connectivity index (χ3v) is 5.61. The Morgan fingerprint density at radius 2 is 1.72 bits per heavy atom. The van der Waals surface area contributed by atoms with Crippen LogP contribution in [0.4, 0.5) is 11.4 Å². The van der Waals surface area contributed by atoms with Gasteiger partial charge in [-0.05, 0) is 48.4 Å². The Labute approximate surface area is 185 Å². The molecule has 32 heavy (non-hydrogen) atoms. The minimum atomic E-state index is -0.667. The molecular formula is C23H25N3O6. The third-order valence-electron chi connectivity index (χ3n) is 5.61. The predicted octanol–water partition coefficient (Wildman–Crippen LogP) is 5.67. The second-order valence-electron chi connectivity index (χ2n) is 8.84. The molecule has 0 amide bonds. The molecule has 0 N–H and O–H groups in total. The van der Waals surface area contributed by atoms with E-state index in [-0.39, 0.29) is 16.8 Å². The number of non-ortho nitro benzene ring substituents is 1. The first-order valence-corrected chi connectivity index (χ1v) is 10.4. The maximum absolute atomic E-state index is 12.5. The Morgan fingerprint density at radius 3 is 2.31 bits per heavy atom. The lowest BCUT2D eigenvalue weighted by Crippen LogP contribution is -2.20. The normalized spacial score (nSPS) is 17.7. The van der Waals surface area contributed by atoms with Crippen molar-refractivity contribution in [1.29, 1.82) is 0 Å². The number of nitrogens with zero attached hydrogens (tertiary/aromatic N) is 3. The van der Waals surface area contributed by atoms with Crippen LogP contribution in [0.25, 0.3) is 0 Å². The maximum Gasteiger partial charge on any atom is 0.365 e. The number of nitro benzene ring substituents is 2. The number of oxime groups is 1. The van der Waals surface area contributed by atoms with E-state index >= 15 is 0 Å². The number of carbonyl (C=O) groups excluding carboxylic acids is 1. The lowest BCUT2D eigenvalue weighted by Gasteiger charge is -2.23. The van der Waals surface area contributed by atoms with E-state index in [1.165, 1.54) is 12.1 Å². The van der Waals surface area contributed by atoms with Crippen molar-refractivity contribution in [2.24, 2.45) is 5.16 Å². The molecule has 168 valence electrons. The topological polar surface area (TPSA) is 125 Å². The van der Waals surface area contributed by atoms with Crippen molar-refractivity contribution >= 4 is 23.1 Å². The van der Waals surface area contributed by atoms with Crippen LogP contribution < -0.4 is 0 Å².